The lowest BCUT2D eigenvalue weighted by atomic mass is 10.0. The first-order chi connectivity index (χ1) is 24.8. The summed E-state index contributed by atoms with van der Waals surface area (Å²) in [7, 11) is 0.731. The van der Waals surface area contributed by atoms with E-state index in [9.17, 15) is 36.5 Å². The third-order valence-electron chi connectivity index (χ3n) is 8.00. The Morgan fingerprint density at radius 2 is 1.55 bits per heavy atom. The first-order valence-corrected chi connectivity index (χ1v) is 18.2. The van der Waals surface area contributed by atoms with Crippen molar-refractivity contribution in [1.29, 1.82) is 0 Å². The summed E-state index contributed by atoms with van der Waals surface area (Å²) in [6, 6.07) is 23.4. The number of likely N-dealkylation sites (N-methyl/N-ethyl adjacent to an activating group) is 1. The summed E-state index contributed by atoms with van der Waals surface area (Å²) in [6.45, 7) is 6.12. The lowest BCUT2D eigenvalue weighted by Crippen LogP contribution is -2.43. The summed E-state index contributed by atoms with van der Waals surface area (Å²) >= 11 is 0. The Kier molecular flexibility index (Phi) is 14.8. The Bertz CT molecular complexity index is 1970. The first-order valence-electron chi connectivity index (χ1n) is 16.3. The molecule has 12 nitrogen and oxygen atoms in total. The number of nitrogens with one attached hydrogen (secondary N) is 1. The maximum atomic E-state index is 13.6. The van der Waals surface area contributed by atoms with Crippen molar-refractivity contribution in [2.24, 2.45) is 0 Å². The molecule has 1 amide bonds. The van der Waals surface area contributed by atoms with Gasteiger partial charge in [0.25, 0.3) is 11.6 Å². The van der Waals surface area contributed by atoms with Crippen LogP contribution >= 0.6 is 0 Å². The molecule has 0 bridgehead atoms. The van der Waals surface area contributed by atoms with Gasteiger partial charge in [-0.2, -0.15) is 13.2 Å². The largest absolute Gasteiger partial charge is 0.490 e. The van der Waals surface area contributed by atoms with Crippen LogP contribution in [-0.2, 0) is 34.1 Å². The van der Waals surface area contributed by atoms with Crippen LogP contribution in [-0.4, -0.2) is 90.8 Å². The number of hydrogen-bond donors (Lipinski definition) is 2. The molecule has 0 saturated heterocycles. The molecule has 1 atom stereocenters. The number of carboxylic acids is 1. The topological polar surface area (TPSA) is 163 Å². The maximum Gasteiger partial charge on any atom is 0.490 e. The fourth-order valence-corrected chi connectivity index (χ4v) is 5.89. The molecule has 1 aromatic heterocycles. The lowest BCUT2D eigenvalue weighted by Gasteiger charge is -2.31. The van der Waals surface area contributed by atoms with Crippen molar-refractivity contribution < 1.29 is 41.2 Å². The minimum atomic E-state index is -5.08. The van der Waals surface area contributed by atoms with Gasteiger partial charge in [-0.25, -0.2) is 13.2 Å². The molecular weight excluding hydrogens is 715 g/mol. The number of nitro groups is 1. The van der Waals surface area contributed by atoms with Crippen molar-refractivity contribution in [2.75, 3.05) is 33.4 Å². The van der Waals surface area contributed by atoms with Gasteiger partial charge in [-0.05, 0) is 87.9 Å². The van der Waals surface area contributed by atoms with Crippen LogP contribution in [0.3, 0.4) is 0 Å². The molecule has 16 heteroatoms. The van der Waals surface area contributed by atoms with E-state index >= 15 is 0 Å². The minimum Gasteiger partial charge on any atom is -0.475 e. The number of carbonyl (C=O) groups excluding carboxylic acids is 1. The maximum absolute atomic E-state index is 13.6. The number of carbonyl (C=O) groups is 2. The van der Waals surface area contributed by atoms with Crippen molar-refractivity contribution in [2.45, 2.75) is 50.5 Å². The van der Waals surface area contributed by atoms with Crippen LogP contribution in [0.5, 0.6) is 0 Å². The van der Waals surface area contributed by atoms with Gasteiger partial charge in [0, 0.05) is 60.9 Å². The number of aromatic nitrogens is 1. The van der Waals surface area contributed by atoms with Gasteiger partial charge in [0.05, 0.1) is 15.5 Å². The van der Waals surface area contributed by atoms with E-state index in [1.165, 1.54) is 18.4 Å². The molecule has 4 rings (SSSR count). The van der Waals surface area contributed by atoms with E-state index in [0.717, 1.165) is 40.9 Å². The van der Waals surface area contributed by atoms with Crippen molar-refractivity contribution in [3.63, 3.8) is 0 Å². The number of pyridine rings is 1. The standard InChI is InChI=1S/C35H41N5O5S.C2HF3O2/c1-25-20-31(13-17-34(25)40(42)43)35(41)39(26(2)23-38(3)4)24-28-6-11-30(12-7-28)33-16-10-29(22-37-33)21-36-19-18-27-8-14-32(15-9-27)46(5,44)45;3-2(4,5)1(6)7/h6-17,20,22,26,36H,18-19,21,23-24H2,1-5H3;(H,6,7). The number of sulfone groups is 1. The number of aliphatic carboxylic acids is 1. The van der Waals surface area contributed by atoms with Gasteiger partial charge in [0.15, 0.2) is 9.84 Å². The van der Waals surface area contributed by atoms with E-state index in [1.54, 1.807) is 30.0 Å². The predicted molar refractivity (Wildman–Crippen MR) is 194 cm³/mol. The van der Waals surface area contributed by atoms with Crippen LogP contribution in [0.25, 0.3) is 11.3 Å². The van der Waals surface area contributed by atoms with E-state index in [2.05, 4.69) is 10.3 Å². The van der Waals surface area contributed by atoms with Crippen LogP contribution in [0.1, 0.15) is 39.5 Å². The van der Waals surface area contributed by atoms with Crippen molar-refractivity contribution in [3.05, 3.63) is 123 Å². The highest BCUT2D eigenvalue weighted by atomic mass is 32.2. The van der Waals surface area contributed by atoms with Gasteiger partial charge >= 0.3 is 12.1 Å². The van der Waals surface area contributed by atoms with E-state index in [4.69, 9.17) is 9.90 Å². The number of nitro benzene ring substituents is 1. The molecule has 0 radical (unpaired) electrons. The highest BCUT2D eigenvalue weighted by molar-refractivity contribution is 7.90. The Morgan fingerprint density at radius 3 is 2.04 bits per heavy atom. The second-order valence-electron chi connectivity index (χ2n) is 12.7. The van der Waals surface area contributed by atoms with Crippen LogP contribution in [0.4, 0.5) is 18.9 Å². The van der Waals surface area contributed by atoms with E-state index in [1.807, 2.05) is 80.6 Å². The number of halogens is 3. The lowest BCUT2D eigenvalue weighted by molar-refractivity contribution is -0.385. The second kappa shape index (κ2) is 18.5. The molecule has 1 unspecified atom stereocenters. The number of aryl methyl sites for hydroxylation is 1. The number of rotatable bonds is 14. The zero-order chi connectivity index (χ0) is 39.5. The van der Waals surface area contributed by atoms with Gasteiger partial charge in [0.2, 0.25) is 0 Å². The summed E-state index contributed by atoms with van der Waals surface area (Å²) in [6.07, 6.45) is -1.24. The molecule has 0 aliphatic carbocycles. The highest BCUT2D eigenvalue weighted by Crippen LogP contribution is 2.23. The summed E-state index contributed by atoms with van der Waals surface area (Å²) in [5.74, 6) is -2.93. The third-order valence-corrected chi connectivity index (χ3v) is 9.13. The summed E-state index contributed by atoms with van der Waals surface area (Å²) in [4.78, 5) is 42.2. The fraction of sp³-hybridized carbons (Fsp3) is 0.324. The zero-order valence-electron chi connectivity index (χ0n) is 29.9. The highest BCUT2D eigenvalue weighted by Gasteiger charge is 2.38. The average Bonchev–Trinajstić information content (AvgIpc) is 3.08. The number of carboxylic acid groups (broad SMARTS) is 1. The molecular formula is C37H42F3N5O7S. The van der Waals surface area contributed by atoms with E-state index < -0.39 is 26.9 Å². The molecule has 53 heavy (non-hydrogen) atoms. The number of alkyl halides is 3. The monoisotopic (exact) mass is 757 g/mol. The Morgan fingerprint density at radius 1 is 0.962 bits per heavy atom. The molecule has 0 saturated carbocycles. The average molecular weight is 758 g/mol. The number of hydrogen-bond acceptors (Lipinski definition) is 9. The number of amides is 1. The second-order valence-corrected chi connectivity index (χ2v) is 14.7. The van der Waals surface area contributed by atoms with Gasteiger partial charge in [0.1, 0.15) is 0 Å². The Hall–Kier alpha value is -5.19. The molecule has 0 spiro atoms. The zero-order valence-corrected chi connectivity index (χ0v) is 30.7. The van der Waals surface area contributed by atoms with Crippen LogP contribution in [0.15, 0.2) is 90.0 Å². The third kappa shape index (κ3) is 13.1. The van der Waals surface area contributed by atoms with Crippen LogP contribution in [0, 0.1) is 17.0 Å². The van der Waals surface area contributed by atoms with Crippen LogP contribution in [0.2, 0.25) is 0 Å². The van der Waals surface area contributed by atoms with Gasteiger partial charge in [-0.15, -0.1) is 0 Å². The number of nitrogens with zero attached hydrogens (tertiary/aromatic N) is 4. The van der Waals surface area contributed by atoms with Crippen molar-refractivity contribution in [1.82, 2.24) is 20.1 Å². The first kappa shape index (κ1) is 42.2. The SMILES string of the molecule is Cc1cc(C(=O)N(Cc2ccc(-c3ccc(CNCCc4ccc(S(C)(=O)=O)cc4)cn3)cc2)C(C)CN(C)C)ccc1[N+](=O)[O-].O=C(O)C(F)(F)F. The Labute approximate surface area is 306 Å². The summed E-state index contributed by atoms with van der Waals surface area (Å²) in [5, 5.41) is 21.8. The van der Waals surface area contributed by atoms with Crippen LogP contribution < -0.4 is 5.32 Å². The molecule has 1 heterocycles. The van der Waals surface area contributed by atoms with Crippen molar-refractivity contribution in [3.8, 4) is 11.3 Å². The molecule has 0 fully saturated rings. The predicted octanol–water partition coefficient (Wildman–Crippen LogP) is 5.93. The van der Waals surface area contributed by atoms with Gasteiger partial charge < -0.3 is 20.2 Å². The van der Waals surface area contributed by atoms with Crippen molar-refractivity contribution >= 4 is 27.4 Å². The summed E-state index contributed by atoms with van der Waals surface area (Å²) < 4.78 is 55.0. The normalized spacial score (nSPS) is 12.1. The van der Waals surface area contributed by atoms with E-state index in [0.29, 0.717) is 35.7 Å². The molecule has 2 N–H and O–H groups in total. The molecule has 3 aromatic carbocycles. The van der Waals surface area contributed by atoms with E-state index in [-0.39, 0.29) is 17.6 Å². The smallest absolute Gasteiger partial charge is 0.475 e. The summed E-state index contributed by atoms with van der Waals surface area (Å²) in [5.41, 5.74) is 5.77. The Balaban J connectivity index is 0.000000980. The number of benzene rings is 3. The minimum absolute atomic E-state index is 0.00549. The molecule has 284 valence electrons. The fourth-order valence-electron chi connectivity index (χ4n) is 5.26. The molecule has 0 aliphatic heterocycles. The van der Waals surface area contributed by atoms with Gasteiger partial charge in [-0.1, -0.05) is 42.5 Å². The van der Waals surface area contributed by atoms with Gasteiger partial charge in [-0.3, -0.25) is 19.9 Å². The molecule has 4 aromatic rings. The quantitative estimate of drug-likeness (QED) is 0.0896. The molecule has 0 aliphatic rings.